The van der Waals surface area contributed by atoms with Crippen molar-refractivity contribution in [1.82, 2.24) is 4.57 Å². The lowest BCUT2D eigenvalue weighted by Gasteiger charge is -2.28. The summed E-state index contributed by atoms with van der Waals surface area (Å²) in [6.45, 7) is 7.20. The summed E-state index contributed by atoms with van der Waals surface area (Å²) in [5, 5.41) is 20.0. The summed E-state index contributed by atoms with van der Waals surface area (Å²) >= 11 is 0.975. The molecular formula is C20H20N2O5S. The first kappa shape index (κ1) is 19.8. The molecule has 7 nitrogen and oxygen atoms in total. The predicted octanol–water partition coefficient (Wildman–Crippen LogP) is 3.12. The quantitative estimate of drug-likeness (QED) is 0.793. The highest BCUT2D eigenvalue weighted by molar-refractivity contribution is 7.17. The van der Waals surface area contributed by atoms with Crippen molar-refractivity contribution in [2.75, 3.05) is 6.61 Å². The van der Waals surface area contributed by atoms with Crippen molar-refractivity contribution in [3.63, 3.8) is 0 Å². The second kappa shape index (κ2) is 6.91. The molecule has 0 aromatic carbocycles. The number of thiophene rings is 1. The minimum Gasteiger partial charge on any atom is -0.493 e. The number of fused-ring (bicyclic) bond motifs is 1. The first-order chi connectivity index (χ1) is 13.1. The fourth-order valence-corrected chi connectivity index (χ4v) is 4.78. The van der Waals surface area contributed by atoms with Gasteiger partial charge in [-0.25, -0.2) is 9.36 Å². The van der Waals surface area contributed by atoms with Crippen LogP contribution in [0, 0.1) is 23.7 Å². The zero-order valence-corrected chi connectivity index (χ0v) is 16.9. The number of pyridine rings is 1. The van der Waals surface area contributed by atoms with Gasteiger partial charge in [0.25, 0.3) is 5.56 Å². The average Bonchev–Trinajstić information content (AvgIpc) is 2.93. The number of hydrogen-bond acceptors (Lipinski definition) is 7. The maximum absolute atomic E-state index is 12.7. The monoisotopic (exact) mass is 400 g/mol. The van der Waals surface area contributed by atoms with E-state index in [2.05, 4.69) is 0 Å². The van der Waals surface area contributed by atoms with E-state index < -0.39 is 17.4 Å². The van der Waals surface area contributed by atoms with Crippen LogP contribution in [0.1, 0.15) is 63.9 Å². The lowest BCUT2D eigenvalue weighted by Crippen LogP contribution is -2.27. The molecule has 0 fully saturated rings. The molecule has 0 aliphatic heterocycles. The van der Waals surface area contributed by atoms with Gasteiger partial charge in [-0.1, -0.05) is 13.8 Å². The van der Waals surface area contributed by atoms with Crippen molar-refractivity contribution in [3.8, 4) is 17.0 Å². The summed E-state index contributed by atoms with van der Waals surface area (Å²) in [5.74, 6) is -1.33. The number of esters is 1. The van der Waals surface area contributed by atoms with E-state index in [4.69, 9.17) is 4.74 Å². The van der Waals surface area contributed by atoms with Gasteiger partial charge in [0, 0.05) is 12.5 Å². The van der Waals surface area contributed by atoms with Gasteiger partial charge >= 0.3 is 5.97 Å². The first-order valence-electron chi connectivity index (χ1n) is 8.83. The van der Waals surface area contributed by atoms with Crippen molar-refractivity contribution < 1.29 is 19.4 Å². The third kappa shape index (κ3) is 3.12. The van der Waals surface area contributed by atoms with Crippen LogP contribution in [0.4, 0.5) is 0 Å². The van der Waals surface area contributed by atoms with E-state index in [-0.39, 0.29) is 33.9 Å². The third-order valence-electron chi connectivity index (χ3n) is 4.72. The van der Waals surface area contributed by atoms with Gasteiger partial charge < -0.3 is 9.84 Å². The van der Waals surface area contributed by atoms with Crippen molar-refractivity contribution in [2.24, 2.45) is 5.41 Å². The van der Waals surface area contributed by atoms with Crippen LogP contribution in [0.2, 0.25) is 0 Å². The molecule has 28 heavy (non-hydrogen) atoms. The Morgan fingerprint density at radius 2 is 2.07 bits per heavy atom. The normalized spacial score (nSPS) is 15.0. The molecular weight excluding hydrogens is 380 g/mol. The number of rotatable bonds is 3. The number of carbonyl (C=O) groups is 2. The number of ketones is 1. The number of nitrogens with zero attached hydrogens (tertiary/aromatic N) is 2. The highest BCUT2D eigenvalue weighted by atomic mass is 32.1. The SMILES string of the molecule is CCOC(=O)c1c(-n2c(O)c(C#N)c(C)cc2=O)sc2c1CC(C)(C)CC2=O. The molecule has 0 saturated heterocycles. The molecule has 146 valence electrons. The van der Waals surface area contributed by atoms with Gasteiger partial charge in [0.1, 0.15) is 16.6 Å². The molecule has 1 N–H and O–H groups in total. The van der Waals surface area contributed by atoms with Crippen molar-refractivity contribution >= 4 is 23.1 Å². The molecule has 8 heteroatoms. The number of aryl methyl sites for hydroxylation is 1. The largest absolute Gasteiger partial charge is 0.493 e. The Morgan fingerprint density at radius 3 is 2.68 bits per heavy atom. The number of aromatic hydroxyl groups is 1. The van der Waals surface area contributed by atoms with E-state index in [0.29, 0.717) is 28.8 Å². The number of carbonyl (C=O) groups excluding carboxylic acids is 2. The molecule has 3 rings (SSSR count). The number of Topliss-reactive ketones (excluding diaryl/α,β-unsaturated/α-hetero) is 1. The lowest BCUT2D eigenvalue weighted by atomic mass is 9.75. The number of hydrogen-bond donors (Lipinski definition) is 1. The molecule has 0 amide bonds. The molecule has 1 aliphatic rings. The molecule has 0 unspecified atom stereocenters. The van der Waals surface area contributed by atoms with Gasteiger partial charge in [0.2, 0.25) is 5.88 Å². The second-order valence-corrected chi connectivity index (χ2v) is 8.56. The van der Waals surface area contributed by atoms with Crippen LogP contribution in [0.5, 0.6) is 5.88 Å². The Bertz CT molecular complexity index is 1100. The number of nitriles is 1. The molecule has 0 spiro atoms. The fourth-order valence-electron chi connectivity index (χ4n) is 3.52. The highest BCUT2D eigenvalue weighted by Crippen LogP contribution is 2.43. The summed E-state index contributed by atoms with van der Waals surface area (Å²) in [5.41, 5.74) is -0.0325. The van der Waals surface area contributed by atoms with Crippen LogP contribution >= 0.6 is 11.3 Å². The van der Waals surface area contributed by atoms with Gasteiger partial charge in [-0.15, -0.1) is 11.3 Å². The van der Waals surface area contributed by atoms with E-state index in [1.807, 2.05) is 19.9 Å². The summed E-state index contributed by atoms with van der Waals surface area (Å²) in [7, 11) is 0. The maximum atomic E-state index is 12.7. The summed E-state index contributed by atoms with van der Waals surface area (Å²) < 4.78 is 6.09. The van der Waals surface area contributed by atoms with Crippen molar-refractivity contribution in [2.45, 2.75) is 40.5 Å². The lowest BCUT2D eigenvalue weighted by molar-refractivity contribution is 0.0525. The topological polar surface area (TPSA) is 109 Å². The van der Waals surface area contributed by atoms with Crippen molar-refractivity contribution in [3.05, 3.63) is 43.6 Å². The van der Waals surface area contributed by atoms with Crippen LogP contribution in [-0.4, -0.2) is 28.0 Å². The molecule has 0 saturated carbocycles. The Labute approximate surface area is 165 Å². The molecule has 2 aromatic rings. The smallest absolute Gasteiger partial charge is 0.341 e. The zero-order valence-electron chi connectivity index (χ0n) is 16.1. The van der Waals surface area contributed by atoms with Crippen LogP contribution in [-0.2, 0) is 11.2 Å². The first-order valence-corrected chi connectivity index (χ1v) is 9.65. The van der Waals surface area contributed by atoms with E-state index >= 15 is 0 Å². The predicted molar refractivity (Wildman–Crippen MR) is 103 cm³/mol. The minimum absolute atomic E-state index is 0.0626. The summed E-state index contributed by atoms with van der Waals surface area (Å²) in [6, 6.07) is 3.09. The molecule has 2 aromatic heterocycles. The van der Waals surface area contributed by atoms with E-state index in [1.54, 1.807) is 13.8 Å². The molecule has 1 aliphatic carbocycles. The van der Waals surface area contributed by atoms with E-state index in [1.165, 1.54) is 6.07 Å². The highest BCUT2D eigenvalue weighted by Gasteiger charge is 2.38. The zero-order chi connectivity index (χ0) is 20.8. The Hall–Kier alpha value is -2.92. The molecule has 2 heterocycles. The fraction of sp³-hybridized carbons (Fsp3) is 0.400. The van der Waals surface area contributed by atoms with Gasteiger partial charge in [-0.2, -0.15) is 5.26 Å². The Balaban J connectivity index is 2.39. The molecule has 0 radical (unpaired) electrons. The standard InChI is InChI=1S/C20H20N2O5S/c1-5-27-19(26)15-11-7-20(3,4)8-13(23)16(11)28-18(15)22-14(24)6-10(2)12(9-21)17(22)25/h6,25H,5,7-8H2,1-4H3. The minimum atomic E-state index is -0.661. The average molecular weight is 400 g/mol. The van der Waals surface area contributed by atoms with Crippen LogP contribution in [0.25, 0.3) is 5.00 Å². The number of ether oxygens (including phenoxy) is 1. The maximum Gasteiger partial charge on any atom is 0.341 e. The molecule has 0 bridgehead atoms. The summed E-state index contributed by atoms with van der Waals surface area (Å²) in [6.07, 6.45) is 0.783. The van der Waals surface area contributed by atoms with Crippen LogP contribution < -0.4 is 5.56 Å². The van der Waals surface area contributed by atoms with Gasteiger partial charge in [0.05, 0.1) is 17.0 Å². The van der Waals surface area contributed by atoms with Gasteiger partial charge in [-0.05, 0) is 36.8 Å². The Morgan fingerprint density at radius 1 is 1.39 bits per heavy atom. The van der Waals surface area contributed by atoms with E-state index in [9.17, 15) is 24.8 Å². The third-order valence-corrected chi connectivity index (χ3v) is 5.98. The van der Waals surface area contributed by atoms with Crippen LogP contribution in [0.3, 0.4) is 0 Å². The van der Waals surface area contributed by atoms with Crippen LogP contribution in [0.15, 0.2) is 10.9 Å². The van der Waals surface area contributed by atoms with Crippen molar-refractivity contribution in [1.29, 1.82) is 5.26 Å². The Kier molecular flexibility index (Phi) is 4.90. The second-order valence-electron chi connectivity index (χ2n) is 7.56. The molecule has 0 atom stereocenters. The summed E-state index contributed by atoms with van der Waals surface area (Å²) in [4.78, 5) is 38.5. The van der Waals surface area contributed by atoms with Gasteiger partial charge in [-0.3, -0.25) is 9.59 Å². The van der Waals surface area contributed by atoms with Gasteiger partial charge in [0.15, 0.2) is 5.78 Å². The number of aromatic nitrogens is 1. The van der Waals surface area contributed by atoms with E-state index in [0.717, 1.165) is 15.9 Å².